The van der Waals surface area contributed by atoms with E-state index in [9.17, 15) is 4.79 Å². The molecule has 0 aliphatic carbocycles. The van der Waals surface area contributed by atoms with E-state index >= 15 is 0 Å². The lowest BCUT2D eigenvalue weighted by atomic mass is 10.1. The molecule has 0 spiro atoms. The Morgan fingerprint density at radius 2 is 2.00 bits per heavy atom. The van der Waals surface area contributed by atoms with Crippen LogP contribution in [0.1, 0.15) is 4.88 Å². The number of aliphatic carboxylic acids is 1. The molecule has 0 unspecified atom stereocenters. The Morgan fingerprint density at radius 3 is 2.62 bits per heavy atom. The Bertz CT molecular complexity index is 764. The highest BCUT2D eigenvalue weighted by molar-refractivity contribution is 7.21. The van der Waals surface area contributed by atoms with Crippen LogP contribution in [0.25, 0.3) is 21.1 Å². The SMILES string of the molecule is O=C(O)Cc1sc(-c2cccs2)nc1-c1ccc(Cl)cc1. The number of carboxylic acid groups (broad SMARTS) is 1. The average Bonchev–Trinajstić information content (AvgIpc) is 3.08. The lowest BCUT2D eigenvalue weighted by Crippen LogP contribution is -1.99. The van der Waals surface area contributed by atoms with Gasteiger partial charge in [-0.1, -0.05) is 29.8 Å². The highest BCUT2D eigenvalue weighted by atomic mass is 35.5. The number of benzene rings is 1. The Balaban J connectivity index is 2.08. The number of hydrogen-bond donors (Lipinski definition) is 1. The van der Waals surface area contributed by atoms with Crippen molar-refractivity contribution in [1.82, 2.24) is 4.98 Å². The Kier molecular flexibility index (Phi) is 4.05. The number of hydrogen-bond acceptors (Lipinski definition) is 4. The van der Waals surface area contributed by atoms with Gasteiger partial charge in [0.1, 0.15) is 5.01 Å². The molecule has 0 bridgehead atoms. The molecule has 21 heavy (non-hydrogen) atoms. The van der Waals surface area contributed by atoms with E-state index in [-0.39, 0.29) is 6.42 Å². The third-order valence-electron chi connectivity index (χ3n) is 2.86. The molecule has 2 aromatic heterocycles. The van der Waals surface area contributed by atoms with Gasteiger partial charge in [-0.15, -0.1) is 22.7 Å². The number of aromatic nitrogens is 1. The van der Waals surface area contributed by atoms with Crippen molar-refractivity contribution in [3.05, 3.63) is 51.7 Å². The Hall–Kier alpha value is -1.69. The summed E-state index contributed by atoms with van der Waals surface area (Å²) in [6.07, 6.45) is -0.0268. The third kappa shape index (κ3) is 3.15. The van der Waals surface area contributed by atoms with Crippen LogP contribution in [0.3, 0.4) is 0 Å². The normalized spacial score (nSPS) is 10.7. The second-order valence-electron chi connectivity index (χ2n) is 4.35. The predicted octanol–water partition coefficient (Wildman–Crippen LogP) is 4.82. The first-order chi connectivity index (χ1) is 10.1. The van der Waals surface area contributed by atoms with Crippen LogP contribution in [0.5, 0.6) is 0 Å². The van der Waals surface area contributed by atoms with Crippen LogP contribution in [0.2, 0.25) is 5.02 Å². The summed E-state index contributed by atoms with van der Waals surface area (Å²) in [6.45, 7) is 0. The van der Waals surface area contributed by atoms with E-state index in [0.29, 0.717) is 5.02 Å². The van der Waals surface area contributed by atoms with Crippen molar-refractivity contribution in [2.75, 3.05) is 0 Å². The average molecular weight is 336 g/mol. The minimum Gasteiger partial charge on any atom is -0.481 e. The number of nitrogens with zero attached hydrogens (tertiary/aromatic N) is 1. The predicted molar refractivity (Wildman–Crippen MR) is 87.2 cm³/mol. The standard InChI is InChI=1S/C15H10ClNO2S2/c16-10-5-3-9(4-6-10)14-12(8-13(18)19)21-15(17-14)11-2-1-7-20-11/h1-7H,8H2,(H,18,19). The molecule has 0 fully saturated rings. The minimum absolute atomic E-state index is 0.0268. The van der Waals surface area contributed by atoms with Crippen molar-refractivity contribution >= 4 is 40.2 Å². The largest absolute Gasteiger partial charge is 0.481 e. The number of thiophene rings is 1. The van der Waals surface area contributed by atoms with Gasteiger partial charge >= 0.3 is 5.97 Å². The molecule has 0 saturated carbocycles. The summed E-state index contributed by atoms with van der Waals surface area (Å²) in [5.41, 5.74) is 1.61. The van der Waals surface area contributed by atoms with Crippen LogP contribution in [0.15, 0.2) is 41.8 Å². The first kappa shape index (κ1) is 14.3. The van der Waals surface area contributed by atoms with Crippen LogP contribution < -0.4 is 0 Å². The van der Waals surface area contributed by atoms with E-state index in [1.165, 1.54) is 11.3 Å². The fraction of sp³-hybridized carbons (Fsp3) is 0.0667. The van der Waals surface area contributed by atoms with Crippen LogP contribution in [0, 0.1) is 0 Å². The molecule has 106 valence electrons. The van der Waals surface area contributed by atoms with Gasteiger partial charge in [0.05, 0.1) is 17.0 Å². The van der Waals surface area contributed by atoms with Crippen LogP contribution >= 0.6 is 34.3 Å². The van der Waals surface area contributed by atoms with E-state index in [0.717, 1.165) is 26.0 Å². The van der Waals surface area contributed by atoms with Crippen molar-refractivity contribution < 1.29 is 9.90 Å². The molecule has 0 aliphatic rings. The third-order valence-corrected chi connectivity index (χ3v) is 5.21. The highest BCUT2D eigenvalue weighted by Crippen LogP contribution is 2.36. The Morgan fingerprint density at radius 1 is 1.24 bits per heavy atom. The summed E-state index contributed by atoms with van der Waals surface area (Å²) in [6, 6.07) is 11.2. The minimum atomic E-state index is -0.855. The van der Waals surface area contributed by atoms with Crippen LogP contribution in [0.4, 0.5) is 0 Å². The van der Waals surface area contributed by atoms with Crippen molar-refractivity contribution in [2.45, 2.75) is 6.42 Å². The number of thiazole rings is 1. The molecular formula is C15H10ClNO2S2. The molecule has 1 aromatic carbocycles. The maximum absolute atomic E-state index is 11.1. The first-order valence-electron chi connectivity index (χ1n) is 6.15. The summed E-state index contributed by atoms with van der Waals surface area (Å²) in [5.74, 6) is -0.855. The molecule has 2 heterocycles. The number of carbonyl (C=O) groups is 1. The molecule has 0 radical (unpaired) electrons. The lowest BCUT2D eigenvalue weighted by Gasteiger charge is -2.00. The molecule has 3 rings (SSSR count). The quantitative estimate of drug-likeness (QED) is 0.743. The van der Waals surface area contributed by atoms with Gasteiger partial charge in [0.15, 0.2) is 0 Å². The van der Waals surface area contributed by atoms with Crippen molar-refractivity contribution in [3.8, 4) is 21.1 Å². The van der Waals surface area contributed by atoms with Gasteiger partial charge < -0.3 is 5.11 Å². The first-order valence-corrected chi connectivity index (χ1v) is 8.22. The molecular weight excluding hydrogens is 326 g/mol. The zero-order chi connectivity index (χ0) is 14.8. The van der Waals surface area contributed by atoms with E-state index in [1.807, 2.05) is 29.6 Å². The number of rotatable bonds is 4. The van der Waals surface area contributed by atoms with E-state index < -0.39 is 5.97 Å². The smallest absolute Gasteiger partial charge is 0.308 e. The van der Waals surface area contributed by atoms with Gasteiger partial charge in [0, 0.05) is 15.5 Å². The number of halogens is 1. The van der Waals surface area contributed by atoms with Gasteiger partial charge in [-0.05, 0) is 23.6 Å². The second kappa shape index (κ2) is 5.97. The van der Waals surface area contributed by atoms with Gasteiger partial charge in [0.2, 0.25) is 0 Å². The van der Waals surface area contributed by atoms with E-state index in [4.69, 9.17) is 16.7 Å². The molecule has 0 saturated heterocycles. The zero-order valence-corrected chi connectivity index (χ0v) is 13.1. The number of carboxylic acids is 1. The van der Waals surface area contributed by atoms with Crippen molar-refractivity contribution in [3.63, 3.8) is 0 Å². The van der Waals surface area contributed by atoms with Crippen LogP contribution in [-0.2, 0) is 11.2 Å². The molecule has 0 amide bonds. The molecule has 0 aliphatic heterocycles. The molecule has 0 atom stereocenters. The Labute approximate surface area is 134 Å². The lowest BCUT2D eigenvalue weighted by molar-refractivity contribution is -0.136. The molecule has 1 N–H and O–H groups in total. The summed E-state index contributed by atoms with van der Waals surface area (Å²) >= 11 is 8.92. The van der Waals surface area contributed by atoms with Gasteiger partial charge in [0.25, 0.3) is 0 Å². The van der Waals surface area contributed by atoms with Gasteiger partial charge in [-0.3, -0.25) is 4.79 Å². The zero-order valence-electron chi connectivity index (χ0n) is 10.7. The second-order valence-corrected chi connectivity index (χ2v) is 6.81. The summed E-state index contributed by atoms with van der Waals surface area (Å²) in [7, 11) is 0. The van der Waals surface area contributed by atoms with Gasteiger partial charge in [-0.25, -0.2) is 4.98 Å². The summed E-state index contributed by atoms with van der Waals surface area (Å²) in [5, 5.41) is 12.6. The molecule has 3 aromatic rings. The fourth-order valence-corrected chi connectivity index (χ4v) is 3.95. The van der Waals surface area contributed by atoms with E-state index in [2.05, 4.69) is 4.98 Å². The van der Waals surface area contributed by atoms with E-state index in [1.54, 1.807) is 23.5 Å². The van der Waals surface area contributed by atoms with Crippen LogP contribution in [-0.4, -0.2) is 16.1 Å². The molecule has 6 heteroatoms. The highest BCUT2D eigenvalue weighted by Gasteiger charge is 2.17. The van der Waals surface area contributed by atoms with Crippen molar-refractivity contribution in [1.29, 1.82) is 0 Å². The summed E-state index contributed by atoms with van der Waals surface area (Å²) < 4.78 is 0. The molecule has 3 nitrogen and oxygen atoms in total. The van der Waals surface area contributed by atoms with Gasteiger partial charge in [-0.2, -0.15) is 0 Å². The fourth-order valence-electron chi connectivity index (χ4n) is 1.95. The maximum atomic E-state index is 11.1. The van der Waals surface area contributed by atoms with Crippen molar-refractivity contribution in [2.24, 2.45) is 0 Å². The monoisotopic (exact) mass is 335 g/mol. The topological polar surface area (TPSA) is 50.2 Å². The maximum Gasteiger partial charge on any atom is 0.308 e. The summed E-state index contributed by atoms with van der Waals surface area (Å²) in [4.78, 5) is 17.5.